The van der Waals surface area contributed by atoms with Crippen LogP contribution < -0.4 is 9.64 Å². The minimum Gasteiger partial charge on any atom is -0.489 e. The molecule has 0 spiro atoms. The number of ether oxygens (including phenoxy) is 1. The van der Waals surface area contributed by atoms with Crippen LogP contribution in [0.15, 0.2) is 47.4 Å². The molecule has 7 heteroatoms. The van der Waals surface area contributed by atoms with Gasteiger partial charge in [-0.3, -0.25) is 4.79 Å². The zero-order valence-electron chi connectivity index (χ0n) is 17.5. The molecule has 4 rings (SSSR count). The van der Waals surface area contributed by atoms with Crippen molar-refractivity contribution in [1.29, 1.82) is 0 Å². The number of nitrogens with zero attached hydrogens (tertiary/aromatic N) is 2. The molecule has 0 aromatic heterocycles. The number of carbonyl (C=O) groups is 1. The van der Waals surface area contributed by atoms with Crippen LogP contribution in [0, 0.1) is 6.92 Å². The average Bonchev–Trinajstić information content (AvgIpc) is 2.99. The fourth-order valence-corrected chi connectivity index (χ4v) is 6.10. The molecule has 160 valence electrons. The Hall–Kier alpha value is -2.38. The highest BCUT2D eigenvalue weighted by Gasteiger charge is 2.34. The molecule has 1 fully saturated rings. The van der Waals surface area contributed by atoms with Crippen LogP contribution in [0.2, 0.25) is 0 Å². The normalized spacial score (nSPS) is 20.2. The highest BCUT2D eigenvalue weighted by Crippen LogP contribution is 2.38. The Balaban J connectivity index is 1.73. The maximum absolute atomic E-state index is 13.7. The van der Waals surface area contributed by atoms with Gasteiger partial charge in [-0.15, -0.1) is 0 Å². The molecular weight excluding hydrogens is 400 g/mol. The molecule has 2 aromatic carbocycles. The molecule has 2 aliphatic rings. The van der Waals surface area contributed by atoms with Gasteiger partial charge in [-0.05, 0) is 37.5 Å². The number of aryl methyl sites for hydroxylation is 1. The predicted octanol–water partition coefficient (Wildman–Crippen LogP) is 4.05. The number of hydrogen-bond acceptors (Lipinski definition) is 4. The summed E-state index contributed by atoms with van der Waals surface area (Å²) in [5.74, 6) is 0.363. The number of anilines is 1. The molecule has 2 heterocycles. The fraction of sp³-hybridized carbons (Fsp3) is 0.435. The Morgan fingerprint density at radius 1 is 1.07 bits per heavy atom. The zero-order valence-corrected chi connectivity index (χ0v) is 18.3. The Bertz CT molecular complexity index is 1050. The standard InChI is InChI=1S/C23H28N2O4S/c1-17-7-6-8-19(15-17)21-9-4-3-5-12-25(21)30(27,28)20-10-11-22-23(16-20)29-14-13-24(22)18(2)26/h6-8,10-11,15-16,21H,3-5,9,12-14H2,1-2H3/t21-/m0/s1. The van der Waals surface area contributed by atoms with Gasteiger partial charge in [-0.2, -0.15) is 4.31 Å². The third-order valence-corrected chi connectivity index (χ3v) is 7.82. The molecule has 6 nitrogen and oxygen atoms in total. The summed E-state index contributed by atoms with van der Waals surface area (Å²) >= 11 is 0. The van der Waals surface area contributed by atoms with E-state index in [1.807, 2.05) is 25.1 Å². The third-order valence-electron chi connectivity index (χ3n) is 5.91. The number of amides is 1. The average molecular weight is 429 g/mol. The first-order valence-corrected chi connectivity index (χ1v) is 12.0. The van der Waals surface area contributed by atoms with Crippen molar-refractivity contribution < 1.29 is 17.9 Å². The van der Waals surface area contributed by atoms with Crippen molar-refractivity contribution in [2.45, 2.75) is 50.5 Å². The van der Waals surface area contributed by atoms with Crippen LogP contribution in [-0.4, -0.2) is 38.3 Å². The van der Waals surface area contributed by atoms with E-state index in [9.17, 15) is 13.2 Å². The summed E-state index contributed by atoms with van der Waals surface area (Å²) in [6.07, 6.45) is 3.68. The minimum atomic E-state index is -3.72. The summed E-state index contributed by atoms with van der Waals surface area (Å²) in [4.78, 5) is 13.7. The molecular formula is C23H28N2O4S. The molecule has 2 aromatic rings. The molecule has 0 bridgehead atoms. The Morgan fingerprint density at radius 2 is 1.90 bits per heavy atom. The number of fused-ring (bicyclic) bond motifs is 1. The molecule has 30 heavy (non-hydrogen) atoms. The summed E-state index contributed by atoms with van der Waals surface area (Å²) in [5, 5.41) is 0. The second-order valence-corrected chi connectivity index (χ2v) is 9.93. The van der Waals surface area contributed by atoms with Gasteiger partial charge in [0.25, 0.3) is 0 Å². The maximum Gasteiger partial charge on any atom is 0.243 e. The first-order valence-electron chi connectivity index (χ1n) is 10.5. The molecule has 1 atom stereocenters. The van der Waals surface area contributed by atoms with Crippen LogP contribution in [0.4, 0.5) is 5.69 Å². The molecule has 0 aliphatic carbocycles. The fourth-order valence-electron chi connectivity index (χ4n) is 4.40. The van der Waals surface area contributed by atoms with Crippen LogP contribution >= 0.6 is 0 Å². The molecule has 1 saturated heterocycles. The summed E-state index contributed by atoms with van der Waals surface area (Å²) in [6.45, 7) is 4.85. The van der Waals surface area contributed by atoms with Gasteiger partial charge in [-0.25, -0.2) is 8.42 Å². The lowest BCUT2D eigenvalue weighted by molar-refractivity contribution is -0.116. The van der Waals surface area contributed by atoms with Crippen molar-refractivity contribution in [3.8, 4) is 5.75 Å². The lowest BCUT2D eigenvalue weighted by Crippen LogP contribution is -2.37. The van der Waals surface area contributed by atoms with E-state index in [1.165, 1.54) is 6.92 Å². The predicted molar refractivity (Wildman–Crippen MR) is 116 cm³/mol. The van der Waals surface area contributed by atoms with Crippen LogP contribution in [0.5, 0.6) is 5.75 Å². The van der Waals surface area contributed by atoms with Crippen molar-refractivity contribution in [2.75, 3.05) is 24.6 Å². The van der Waals surface area contributed by atoms with Gasteiger partial charge in [0.1, 0.15) is 12.4 Å². The first kappa shape index (κ1) is 20.9. The van der Waals surface area contributed by atoms with E-state index in [2.05, 4.69) is 6.07 Å². The van der Waals surface area contributed by atoms with E-state index in [1.54, 1.807) is 27.4 Å². The van der Waals surface area contributed by atoms with Gasteiger partial charge in [0.05, 0.1) is 23.2 Å². The summed E-state index contributed by atoms with van der Waals surface area (Å²) < 4.78 is 34.8. The molecule has 0 N–H and O–H groups in total. The highest BCUT2D eigenvalue weighted by molar-refractivity contribution is 7.89. The summed E-state index contributed by atoms with van der Waals surface area (Å²) in [6, 6.07) is 12.8. The summed E-state index contributed by atoms with van der Waals surface area (Å²) in [7, 11) is -3.72. The van der Waals surface area contributed by atoms with Gasteiger partial charge in [-0.1, -0.05) is 42.7 Å². The van der Waals surface area contributed by atoms with Crippen molar-refractivity contribution in [1.82, 2.24) is 4.31 Å². The lowest BCUT2D eigenvalue weighted by Gasteiger charge is -2.31. The summed E-state index contributed by atoms with van der Waals surface area (Å²) in [5.41, 5.74) is 2.79. The van der Waals surface area contributed by atoms with Gasteiger partial charge in [0, 0.05) is 19.5 Å². The van der Waals surface area contributed by atoms with Crippen molar-refractivity contribution in [3.05, 3.63) is 53.6 Å². The SMILES string of the molecule is CC(=O)N1CCOc2cc(S(=O)(=O)N3CCCCC[C@H]3c3cccc(C)c3)ccc21. The maximum atomic E-state index is 13.7. The number of rotatable bonds is 3. The smallest absolute Gasteiger partial charge is 0.243 e. The van der Waals surface area contributed by atoms with Crippen LogP contribution in [-0.2, 0) is 14.8 Å². The van der Waals surface area contributed by atoms with Crippen LogP contribution in [0.1, 0.15) is 49.8 Å². The Labute approximate surface area is 178 Å². The first-order chi connectivity index (χ1) is 14.4. The van der Waals surface area contributed by atoms with Crippen molar-refractivity contribution in [2.24, 2.45) is 0 Å². The van der Waals surface area contributed by atoms with Gasteiger partial charge < -0.3 is 9.64 Å². The van der Waals surface area contributed by atoms with Gasteiger partial charge >= 0.3 is 0 Å². The molecule has 0 unspecified atom stereocenters. The third kappa shape index (κ3) is 3.96. The Kier molecular flexibility index (Phi) is 5.84. The molecule has 0 saturated carbocycles. The topological polar surface area (TPSA) is 66.9 Å². The van der Waals surface area contributed by atoms with E-state index in [-0.39, 0.29) is 16.8 Å². The molecule has 2 aliphatic heterocycles. The molecule has 0 radical (unpaired) electrons. The van der Waals surface area contributed by atoms with Crippen LogP contribution in [0.25, 0.3) is 0 Å². The van der Waals surface area contributed by atoms with E-state index in [0.717, 1.165) is 36.8 Å². The van der Waals surface area contributed by atoms with Crippen molar-refractivity contribution >= 4 is 21.6 Å². The number of carbonyl (C=O) groups excluding carboxylic acids is 1. The number of hydrogen-bond donors (Lipinski definition) is 0. The number of sulfonamides is 1. The largest absolute Gasteiger partial charge is 0.489 e. The van der Waals surface area contributed by atoms with Gasteiger partial charge in [0.15, 0.2) is 0 Å². The Morgan fingerprint density at radius 3 is 2.67 bits per heavy atom. The zero-order chi connectivity index (χ0) is 21.3. The second-order valence-electron chi connectivity index (χ2n) is 8.04. The van der Waals surface area contributed by atoms with Crippen molar-refractivity contribution in [3.63, 3.8) is 0 Å². The van der Waals surface area contributed by atoms with E-state index in [4.69, 9.17) is 4.74 Å². The van der Waals surface area contributed by atoms with Gasteiger partial charge in [0.2, 0.25) is 15.9 Å². The van der Waals surface area contributed by atoms with E-state index >= 15 is 0 Å². The van der Waals surface area contributed by atoms with Crippen LogP contribution in [0.3, 0.4) is 0 Å². The lowest BCUT2D eigenvalue weighted by atomic mass is 10.0. The van der Waals surface area contributed by atoms with E-state index < -0.39 is 10.0 Å². The minimum absolute atomic E-state index is 0.0813. The highest BCUT2D eigenvalue weighted by atomic mass is 32.2. The monoisotopic (exact) mass is 428 g/mol. The van der Waals surface area contributed by atoms with E-state index in [0.29, 0.717) is 31.1 Å². The number of benzene rings is 2. The second kappa shape index (κ2) is 8.40. The quantitative estimate of drug-likeness (QED) is 0.740. The molecule has 1 amide bonds.